The van der Waals surface area contributed by atoms with Crippen LogP contribution in [0.1, 0.15) is 63.6 Å². The van der Waals surface area contributed by atoms with E-state index in [9.17, 15) is 13.2 Å². The van der Waals surface area contributed by atoms with Gasteiger partial charge < -0.3 is 14.4 Å². The monoisotopic (exact) mass is 603 g/mol. The van der Waals surface area contributed by atoms with Gasteiger partial charge in [0.15, 0.2) is 0 Å². The summed E-state index contributed by atoms with van der Waals surface area (Å²) >= 11 is 0. The Labute approximate surface area is 255 Å². The summed E-state index contributed by atoms with van der Waals surface area (Å²) in [5, 5.41) is 0. The van der Waals surface area contributed by atoms with E-state index in [1.807, 2.05) is 54.6 Å². The van der Waals surface area contributed by atoms with E-state index in [1.54, 1.807) is 26.4 Å². The van der Waals surface area contributed by atoms with Crippen LogP contribution < -0.4 is 18.7 Å². The molecule has 0 radical (unpaired) electrons. The molecule has 3 unspecified atom stereocenters. The number of sulfonamides is 1. The molecule has 1 aliphatic carbocycles. The molecule has 8 nitrogen and oxygen atoms in total. The Kier molecular flexibility index (Phi) is 8.56. The SMILES string of the molecule is COc1ccc(C2CC(=O)C3C(=Nc4ccccc4N(S(C)(=O)=O)C3c3ccc(N(C(C)C)C(C)C)cc3OC)C2)cc1. The van der Waals surface area contributed by atoms with Gasteiger partial charge in [-0.3, -0.25) is 14.1 Å². The number of ether oxygens (including phenoxy) is 2. The molecule has 0 bridgehead atoms. The van der Waals surface area contributed by atoms with Gasteiger partial charge in [0.1, 0.15) is 17.3 Å². The third-order valence-electron chi connectivity index (χ3n) is 8.45. The Morgan fingerprint density at radius 3 is 2.19 bits per heavy atom. The molecule has 43 heavy (non-hydrogen) atoms. The maximum absolute atomic E-state index is 14.3. The van der Waals surface area contributed by atoms with Crippen LogP contribution in [0.3, 0.4) is 0 Å². The summed E-state index contributed by atoms with van der Waals surface area (Å²) in [6.07, 6.45) is 1.99. The lowest BCUT2D eigenvalue weighted by Crippen LogP contribution is -2.45. The van der Waals surface area contributed by atoms with Crippen LogP contribution in [0.2, 0.25) is 0 Å². The zero-order valence-electron chi connectivity index (χ0n) is 25.9. The Hall–Kier alpha value is -3.85. The predicted molar refractivity (Wildman–Crippen MR) is 173 cm³/mol. The van der Waals surface area contributed by atoms with Crippen LogP contribution in [0.4, 0.5) is 17.1 Å². The van der Waals surface area contributed by atoms with Crippen LogP contribution in [0.25, 0.3) is 0 Å². The van der Waals surface area contributed by atoms with E-state index < -0.39 is 22.0 Å². The Morgan fingerprint density at radius 2 is 1.58 bits per heavy atom. The molecule has 228 valence electrons. The van der Waals surface area contributed by atoms with E-state index in [0.29, 0.717) is 34.8 Å². The number of fused-ring (bicyclic) bond motifs is 2. The number of para-hydroxylation sites is 2. The largest absolute Gasteiger partial charge is 0.497 e. The standard InChI is InChI=1S/C34H41N3O5S/c1-21(2)36(22(3)4)25-14-17-27(32(20-25)42-6)34-33-29(35-28-10-8-9-11-30(28)37(34)43(7,39)40)18-24(19-31(33)38)23-12-15-26(41-5)16-13-23/h8-17,20-22,24,33-34H,18-19H2,1-7H3. The van der Waals surface area contributed by atoms with Gasteiger partial charge in [-0.05, 0) is 75.9 Å². The lowest BCUT2D eigenvalue weighted by molar-refractivity contribution is -0.122. The lowest BCUT2D eigenvalue weighted by Gasteiger charge is -2.39. The summed E-state index contributed by atoms with van der Waals surface area (Å²) in [5.74, 6) is 0.377. The van der Waals surface area contributed by atoms with E-state index in [-0.39, 0.29) is 30.2 Å². The summed E-state index contributed by atoms with van der Waals surface area (Å²) in [6, 6.07) is 20.5. The smallest absolute Gasteiger partial charge is 0.232 e. The van der Waals surface area contributed by atoms with E-state index in [0.717, 1.165) is 17.0 Å². The third-order valence-corrected chi connectivity index (χ3v) is 9.59. The van der Waals surface area contributed by atoms with Crippen molar-refractivity contribution >= 4 is 38.6 Å². The van der Waals surface area contributed by atoms with Gasteiger partial charge in [-0.15, -0.1) is 0 Å². The van der Waals surface area contributed by atoms with Gasteiger partial charge in [0.05, 0.1) is 43.8 Å². The highest BCUT2D eigenvalue weighted by Crippen LogP contribution is 2.50. The molecule has 1 saturated carbocycles. The first-order chi connectivity index (χ1) is 20.4. The highest BCUT2D eigenvalue weighted by Gasteiger charge is 2.48. The zero-order valence-corrected chi connectivity index (χ0v) is 26.8. The number of benzene rings is 3. The molecule has 0 amide bonds. The number of hydrogen-bond donors (Lipinski definition) is 0. The number of carbonyl (C=O) groups excluding carboxylic acids is 1. The molecule has 2 aliphatic rings. The fraction of sp³-hybridized carbons (Fsp3) is 0.412. The Morgan fingerprint density at radius 1 is 0.907 bits per heavy atom. The molecule has 0 spiro atoms. The molecule has 0 saturated heterocycles. The predicted octanol–water partition coefficient (Wildman–Crippen LogP) is 6.68. The van der Waals surface area contributed by atoms with Crippen molar-refractivity contribution in [2.24, 2.45) is 10.9 Å². The van der Waals surface area contributed by atoms with Crippen LogP contribution >= 0.6 is 0 Å². The van der Waals surface area contributed by atoms with Crippen LogP contribution in [0.5, 0.6) is 11.5 Å². The van der Waals surface area contributed by atoms with Gasteiger partial charge in [0.25, 0.3) is 0 Å². The summed E-state index contributed by atoms with van der Waals surface area (Å²) in [7, 11) is -0.646. The molecular weight excluding hydrogens is 562 g/mol. The molecule has 9 heteroatoms. The maximum Gasteiger partial charge on any atom is 0.232 e. The summed E-state index contributed by atoms with van der Waals surface area (Å²) in [4.78, 5) is 21.6. The minimum absolute atomic E-state index is 0.0469. The van der Waals surface area contributed by atoms with E-state index in [1.165, 1.54) is 10.6 Å². The number of aliphatic imine (C=N–C) groups is 1. The fourth-order valence-electron chi connectivity index (χ4n) is 6.77. The first-order valence-corrected chi connectivity index (χ1v) is 16.6. The van der Waals surface area contributed by atoms with Gasteiger partial charge in [-0.25, -0.2) is 8.42 Å². The second-order valence-corrected chi connectivity index (χ2v) is 13.8. The van der Waals surface area contributed by atoms with E-state index in [4.69, 9.17) is 14.5 Å². The van der Waals surface area contributed by atoms with Crippen molar-refractivity contribution in [1.29, 1.82) is 0 Å². The second kappa shape index (κ2) is 12.0. The van der Waals surface area contributed by atoms with Crippen molar-refractivity contribution in [3.8, 4) is 11.5 Å². The number of anilines is 2. The van der Waals surface area contributed by atoms with Gasteiger partial charge in [0.2, 0.25) is 10.0 Å². The number of Topliss-reactive ketones (excluding diaryl/α,β-unsaturated/α-hetero) is 1. The number of methoxy groups -OCH3 is 2. The molecular formula is C34H41N3O5S. The van der Waals surface area contributed by atoms with Crippen molar-refractivity contribution in [3.63, 3.8) is 0 Å². The highest BCUT2D eigenvalue weighted by atomic mass is 32.2. The normalized spacial score (nSPS) is 20.3. The molecule has 3 aromatic rings. The molecule has 3 atom stereocenters. The van der Waals surface area contributed by atoms with Gasteiger partial charge in [-0.1, -0.05) is 30.3 Å². The first-order valence-electron chi connectivity index (χ1n) is 14.7. The summed E-state index contributed by atoms with van der Waals surface area (Å²) < 4.78 is 40.0. The molecule has 5 rings (SSSR count). The van der Waals surface area contributed by atoms with Gasteiger partial charge in [0, 0.05) is 41.5 Å². The van der Waals surface area contributed by atoms with Crippen LogP contribution in [0.15, 0.2) is 71.7 Å². The van der Waals surface area contributed by atoms with Gasteiger partial charge >= 0.3 is 0 Å². The zero-order chi connectivity index (χ0) is 31.1. The van der Waals surface area contributed by atoms with Crippen molar-refractivity contribution < 1.29 is 22.7 Å². The third kappa shape index (κ3) is 5.87. The van der Waals surface area contributed by atoms with Crippen molar-refractivity contribution in [1.82, 2.24) is 0 Å². The number of ketones is 1. The minimum Gasteiger partial charge on any atom is -0.497 e. The number of nitrogens with zero attached hydrogens (tertiary/aromatic N) is 3. The average Bonchev–Trinajstić information content (AvgIpc) is 3.11. The molecule has 0 aromatic heterocycles. The molecule has 1 aliphatic heterocycles. The van der Waals surface area contributed by atoms with Gasteiger partial charge in [-0.2, -0.15) is 0 Å². The topological polar surface area (TPSA) is 88.5 Å². The molecule has 1 fully saturated rings. The van der Waals surface area contributed by atoms with Crippen molar-refractivity contribution in [2.75, 3.05) is 29.7 Å². The van der Waals surface area contributed by atoms with Crippen molar-refractivity contribution in [2.45, 2.75) is 64.6 Å². The summed E-state index contributed by atoms with van der Waals surface area (Å²) in [5.41, 5.74) is 4.28. The molecule has 1 heterocycles. The number of carbonyl (C=O) groups is 1. The van der Waals surface area contributed by atoms with E-state index in [2.05, 4.69) is 32.6 Å². The summed E-state index contributed by atoms with van der Waals surface area (Å²) in [6.45, 7) is 8.54. The maximum atomic E-state index is 14.3. The number of hydrogen-bond acceptors (Lipinski definition) is 7. The van der Waals surface area contributed by atoms with Crippen LogP contribution in [0, 0.1) is 5.92 Å². The quantitative estimate of drug-likeness (QED) is 0.285. The lowest BCUT2D eigenvalue weighted by atomic mass is 9.72. The Bertz CT molecular complexity index is 1620. The fourth-order valence-corrected chi connectivity index (χ4v) is 7.93. The number of rotatable bonds is 8. The molecule has 0 N–H and O–H groups in total. The van der Waals surface area contributed by atoms with Crippen LogP contribution in [-0.4, -0.2) is 52.5 Å². The second-order valence-electron chi connectivity index (χ2n) is 11.9. The first kappa shape index (κ1) is 30.6. The Balaban J connectivity index is 1.69. The van der Waals surface area contributed by atoms with Crippen LogP contribution in [-0.2, 0) is 14.8 Å². The van der Waals surface area contributed by atoms with E-state index >= 15 is 0 Å². The molecule has 3 aromatic carbocycles. The average molecular weight is 604 g/mol. The highest BCUT2D eigenvalue weighted by molar-refractivity contribution is 7.92. The van der Waals surface area contributed by atoms with Crippen molar-refractivity contribution in [3.05, 3.63) is 77.9 Å². The minimum atomic E-state index is -3.86.